The highest BCUT2D eigenvalue weighted by atomic mass is 32.2. The van der Waals surface area contributed by atoms with Crippen molar-refractivity contribution in [1.29, 1.82) is 0 Å². The highest BCUT2D eigenvalue weighted by Gasteiger charge is 2.31. The van der Waals surface area contributed by atoms with Crippen LogP contribution in [0.25, 0.3) is 39.4 Å². The molecular formula is C29H24F3N3O4S. The monoisotopic (exact) mass is 567 g/mol. The predicted octanol–water partition coefficient (Wildman–Crippen LogP) is 7.09. The van der Waals surface area contributed by atoms with Crippen LogP contribution < -0.4 is 4.74 Å². The Morgan fingerprint density at radius 2 is 1.55 bits per heavy atom. The van der Waals surface area contributed by atoms with Gasteiger partial charge in [0.05, 0.1) is 16.3 Å². The van der Waals surface area contributed by atoms with Gasteiger partial charge in [-0.25, -0.2) is 18.4 Å². The fourth-order valence-electron chi connectivity index (χ4n) is 4.50. The summed E-state index contributed by atoms with van der Waals surface area (Å²) >= 11 is 0. The van der Waals surface area contributed by atoms with Crippen molar-refractivity contribution in [1.82, 2.24) is 14.5 Å². The maximum Gasteiger partial charge on any atom is 0.573 e. The van der Waals surface area contributed by atoms with Crippen molar-refractivity contribution in [2.45, 2.75) is 32.0 Å². The Hall–Kier alpha value is -4.38. The molecule has 5 aromatic rings. The van der Waals surface area contributed by atoms with Gasteiger partial charge >= 0.3 is 6.36 Å². The number of oxazole rings is 1. The molecule has 0 aliphatic rings. The fourth-order valence-corrected chi connectivity index (χ4v) is 5.16. The lowest BCUT2D eigenvalue weighted by atomic mass is 9.98. The lowest BCUT2D eigenvalue weighted by Crippen LogP contribution is -2.16. The molecule has 0 amide bonds. The fraction of sp³-hybridized carbons (Fsp3) is 0.172. The first-order valence-corrected chi connectivity index (χ1v) is 14.0. The van der Waals surface area contributed by atoms with Crippen LogP contribution >= 0.6 is 0 Å². The normalized spacial score (nSPS) is 12.1. The SMILES string of the molecule is Cc1cn(-c2ccc(-c3cccc(S(C)(=O)=O)c3)cc2-c2oc(C)nc2-c2ccc(OC(F)(F)F)cc2)c(C)n1. The molecule has 0 spiro atoms. The van der Waals surface area contributed by atoms with E-state index in [0.29, 0.717) is 34.0 Å². The van der Waals surface area contributed by atoms with E-state index in [9.17, 15) is 21.6 Å². The van der Waals surface area contributed by atoms with Crippen molar-refractivity contribution in [3.63, 3.8) is 0 Å². The molecule has 0 aliphatic carbocycles. The zero-order chi connectivity index (χ0) is 28.8. The molecule has 0 saturated heterocycles. The maximum absolute atomic E-state index is 12.7. The van der Waals surface area contributed by atoms with Gasteiger partial charge in [0, 0.05) is 30.5 Å². The van der Waals surface area contributed by atoms with Gasteiger partial charge in [-0.05, 0) is 73.5 Å². The molecular weight excluding hydrogens is 543 g/mol. The van der Waals surface area contributed by atoms with Gasteiger partial charge in [0.2, 0.25) is 0 Å². The van der Waals surface area contributed by atoms with Crippen LogP contribution in [0, 0.1) is 20.8 Å². The number of aromatic nitrogens is 3. The van der Waals surface area contributed by atoms with E-state index in [-0.39, 0.29) is 10.6 Å². The Bertz CT molecular complexity index is 1820. The summed E-state index contributed by atoms with van der Waals surface area (Å²) in [6, 6.07) is 17.7. The highest BCUT2D eigenvalue weighted by molar-refractivity contribution is 7.90. The van der Waals surface area contributed by atoms with Gasteiger partial charge in [-0.1, -0.05) is 18.2 Å². The third-order valence-corrected chi connectivity index (χ3v) is 7.30. The first-order chi connectivity index (χ1) is 18.8. The molecule has 0 atom stereocenters. The molecule has 2 aromatic heterocycles. The Morgan fingerprint density at radius 1 is 0.875 bits per heavy atom. The van der Waals surface area contributed by atoms with E-state index in [0.717, 1.165) is 29.0 Å². The number of halogens is 3. The van der Waals surface area contributed by atoms with E-state index in [1.807, 2.05) is 48.9 Å². The number of rotatable bonds is 6. The second-order valence-corrected chi connectivity index (χ2v) is 11.3. The van der Waals surface area contributed by atoms with Crippen molar-refractivity contribution >= 4 is 9.84 Å². The van der Waals surface area contributed by atoms with Crippen LogP contribution in [0.1, 0.15) is 17.4 Å². The summed E-state index contributed by atoms with van der Waals surface area (Å²) in [5, 5.41) is 0. The van der Waals surface area contributed by atoms with Crippen molar-refractivity contribution in [3.8, 4) is 45.1 Å². The molecule has 0 saturated carbocycles. The average Bonchev–Trinajstić information content (AvgIpc) is 3.43. The van der Waals surface area contributed by atoms with E-state index in [4.69, 9.17) is 4.42 Å². The number of hydrogen-bond acceptors (Lipinski definition) is 6. The van der Waals surface area contributed by atoms with Gasteiger partial charge < -0.3 is 13.7 Å². The molecule has 0 aliphatic heterocycles. The van der Waals surface area contributed by atoms with Crippen LogP contribution in [0.15, 0.2) is 82.2 Å². The highest BCUT2D eigenvalue weighted by Crippen LogP contribution is 2.39. The summed E-state index contributed by atoms with van der Waals surface area (Å²) < 4.78 is 74.4. The number of aryl methyl sites for hydroxylation is 3. The predicted molar refractivity (Wildman–Crippen MR) is 144 cm³/mol. The average molecular weight is 568 g/mol. The summed E-state index contributed by atoms with van der Waals surface area (Å²) in [6.45, 7) is 5.43. The first-order valence-electron chi connectivity index (χ1n) is 12.1. The van der Waals surface area contributed by atoms with Crippen LogP contribution in [0.4, 0.5) is 13.2 Å². The van der Waals surface area contributed by atoms with Crippen LogP contribution in [0.3, 0.4) is 0 Å². The number of ether oxygens (including phenoxy) is 1. The number of benzene rings is 3. The van der Waals surface area contributed by atoms with E-state index in [2.05, 4.69) is 14.7 Å². The second-order valence-electron chi connectivity index (χ2n) is 9.31. The lowest BCUT2D eigenvalue weighted by Gasteiger charge is -2.14. The Kier molecular flexibility index (Phi) is 6.79. The Labute approximate surface area is 228 Å². The van der Waals surface area contributed by atoms with Crippen molar-refractivity contribution in [2.75, 3.05) is 6.26 Å². The Morgan fingerprint density at radius 3 is 2.17 bits per heavy atom. The van der Waals surface area contributed by atoms with Crippen LogP contribution in [-0.4, -0.2) is 35.6 Å². The van der Waals surface area contributed by atoms with Gasteiger partial charge in [-0.3, -0.25) is 0 Å². The largest absolute Gasteiger partial charge is 0.573 e. The molecule has 11 heteroatoms. The molecule has 40 heavy (non-hydrogen) atoms. The summed E-state index contributed by atoms with van der Waals surface area (Å²) in [4.78, 5) is 9.24. The number of hydrogen-bond donors (Lipinski definition) is 0. The van der Waals surface area contributed by atoms with E-state index in [1.165, 1.54) is 30.3 Å². The van der Waals surface area contributed by atoms with Crippen LogP contribution in [-0.2, 0) is 9.84 Å². The maximum atomic E-state index is 12.7. The molecule has 206 valence electrons. The topological polar surface area (TPSA) is 87.2 Å². The standard InChI is InChI=1S/C29H24F3N3O4S/c1-17-16-35(18(2)33-17)26-13-10-22(21-6-5-7-24(14-21)40(4,36)37)15-25(26)28-27(34-19(3)38-28)20-8-11-23(12-9-20)39-29(30,31)32/h5-16H,1-4H3. The molecule has 0 unspecified atom stereocenters. The van der Waals surface area contributed by atoms with Gasteiger partial charge in [0.1, 0.15) is 17.3 Å². The first kappa shape index (κ1) is 27.2. The summed E-state index contributed by atoms with van der Waals surface area (Å²) in [5.41, 5.74) is 4.53. The Balaban J connectivity index is 1.70. The quantitative estimate of drug-likeness (QED) is 0.218. The molecule has 3 aromatic carbocycles. The van der Waals surface area contributed by atoms with Crippen molar-refractivity contribution < 1.29 is 30.7 Å². The number of imidazole rings is 1. The number of sulfone groups is 1. The zero-order valence-corrected chi connectivity index (χ0v) is 22.8. The van der Waals surface area contributed by atoms with Crippen molar-refractivity contribution in [3.05, 3.63) is 90.3 Å². The lowest BCUT2D eigenvalue weighted by molar-refractivity contribution is -0.274. The summed E-state index contributed by atoms with van der Waals surface area (Å²) in [7, 11) is -3.43. The minimum absolute atomic E-state index is 0.189. The van der Waals surface area contributed by atoms with Gasteiger partial charge in [-0.15, -0.1) is 13.2 Å². The third kappa shape index (κ3) is 5.64. The number of alkyl halides is 3. The minimum atomic E-state index is -4.80. The smallest absolute Gasteiger partial charge is 0.440 e. The third-order valence-electron chi connectivity index (χ3n) is 6.19. The number of nitrogens with zero attached hydrogens (tertiary/aromatic N) is 3. The van der Waals surface area contributed by atoms with Gasteiger partial charge in [0.15, 0.2) is 21.5 Å². The van der Waals surface area contributed by atoms with Gasteiger partial charge in [-0.2, -0.15) is 0 Å². The second kappa shape index (κ2) is 9.98. The summed E-state index contributed by atoms with van der Waals surface area (Å²) in [5.74, 6) is 1.13. The minimum Gasteiger partial charge on any atom is -0.440 e. The molecule has 5 rings (SSSR count). The molecule has 0 fully saturated rings. The van der Waals surface area contributed by atoms with Crippen LogP contribution in [0.2, 0.25) is 0 Å². The van der Waals surface area contributed by atoms with E-state index in [1.54, 1.807) is 19.1 Å². The molecule has 7 nitrogen and oxygen atoms in total. The molecule has 2 heterocycles. The molecule has 0 radical (unpaired) electrons. The zero-order valence-electron chi connectivity index (χ0n) is 21.9. The van der Waals surface area contributed by atoms with Crippen molar-refractivity contribution in [2.24, 2.45) is 0 Å². The van der Waals surface area contributed by atoms with Crippen LogP contribution in [0.5, 0.6) is 5.75 Å². The van der Waals surface area contributed by atoms with E-state index >= 15 is 0 Å². The molecule has 0 N–H and O–H groups in total. The van der Waals surface area contributed by atoms with Gasteiger partial charge in [0.25, 0.3) is 0 Å². The summed E-state index contributed by atoms with van der Waals surface area (Å²) in [6.07, 6.45) is -1.77. The molecule has 0 bridgehead atoms. The van der Waals surface area contributed by atoms with E-state index < -0.39 is 16.2 Å².